The molecule has 2 fully saturated rings. The van der Waals surface area contributed by atoms with Crippen LogP contribution in [0.2, 0.25) is 0 Å². The largest absolute Gasteiger partial charge is 0.478 e. The van der Waals surface area contributed by atoms with Crippen molar-refractivity contribution >= 4 is 17.7 Å². The zero-order valence-corrected chi connectivity index (χ0v) is 11.6. The number of rotatable bonds is 3. The third kappa shape index (κ3) is 2.70. The van der Waals surface area contributed by atoms with Gasteiger partial charge in [-0.05, 0) is 49.1 Å². The molecule has 3 rings (SSSR count). The number of aliphatic carboxylic acids is 1. The molecule has 0 aliphatic carbocycles. The van der Waals surface area contributed by atoms with Crippen LogP contribution in [0.1, 0.15) is 24.0 Å². The number of ether oxygens (including phenoxy) is 1. The molecule has 0 amide bonds. The van der Waals surface area contributed by atoms with Crippen LogP contribution < -0.4 is 4.90 Å². The molecule has 2 heterocycles. The number of carboxylic acid groups (broad SMARTS) is 1. The van der Waals surface area contributed by atoms with Crippen LogP contribution in [0.4, 0.5) is 5.69 Å². The Bertz CT molecular complexity index is 541. The first-order valence-electron chi connectivity index (χ1n) is 7.04. The van der Waals surface area contributed by atoms with E-state index in [0.29, 0.717) is 12.2 Å². The molecule has 2 aliphatic heterocycles. The highest BCUT2D eigenvalue weighted by Crippen LogP contribution is 2.31. The van der Waals surface area contributed by atoms with Gasteiger partial charge in [-0.3, -0.25) is 0 Å². The maximum Gasteiger partial charge on any atom is 0.328 e. The second-order valence-corrected chi connectivity index (χ2v) is 5.58. The maximum absolute atomic E-state index is 10.5. The molecule has 2 unspecified atom stereocenters. The summed E-state index contributed by atoms with van der Waals surface area (Å²) in [5.41, 5.74) is 3.33. The minimum absolute atomic E-state index is 0.375. The van der Waals surface area contributed by atoms with Crippen molar-refractivity contribution in [1.82, 2.24) is 0 Å². The molecule has 2 aliphatic rings. The summed E-state index contributed by atoms with van der Waals surface area (Å²) >= 11 is 0. The first kappa shape index (κ1) is 13.2. The van der Waals surface area contributed by atoms with Gasteiger partial charge in [-0.1, -0.05) is 6.07 Å². The fourth-order valence-electron chi connectivity index (χ4n) is 3.12. The summed E-state index contributed by atoms with van der Waals surface area (Å²) in [4.78, 5) is 12.9. The minimum atomic E-state index is -0.920. The normalized spacial score (nSPS) is 25.4. The zero-order chi connectivity index (χ0) is 14.1. The predicted molar refractivity (Wildman–Crippen MR) is 78.0 cm³/mol. The average Bonchev–Trinajstić information content (AvgIpc) is 2.75. The topological polar surface area (TPSA) is 49.8 Å². The van der Waals surface area contributed by atoms with Crippen molar-refractivity contribution < 1.29 is 14.6 Å². The summed E-state index contributed by atoms with van der Waals surface area (Å²) in [5.74, 6) is -0.920. The second-order valence-electron chi connectivity index (χ2n) is 5.58. The standard InChI is InChI=1S/C16H19NO3/c1-11-8-12(3-7-16(18)19)2-6-15(11)17-9-13-4-5-14(10-17)20-13/h2-3,6-8,13-14H,4-5,9-10H2,1H3,(H,18,19). The first-order valence-corrected chi connectivity index (χ1v) is 7.04. The average molecular weight is 273 g/mol. The number of morpholine rings is 1. The summed E-state index contributed by atoms with van der Waals surface area (Å²) in [6.45, 7) is 3.99. The van der Waals surface area contributed by atoms with E-state index in [0.717, 1.165) is 18.7 Å². The summed E-state index contributed by atoms with van der Waals surface area (Å²) < 4.78 is 5.86. The van der Waals surface area contributed by atoms with E-state index in [-0.39, 0.29) is 0 Å². The van der Waals surface area contributed by atoms with Gasteiger partial charge < -0.3 is 14.7 Å². The fraction of sp³-hybridized carbons (Fsp3) is 0.438. The number of hydrogen-bond acceptors (Lipinski definition) is 3. The van der Waals surface area contributed by atoms with Crippen LogP contribution in [0.25, 0.3) is 6.08 Å². The van der Waals surface area contributed by atoms with E-state index in [4.69, 9.17) is 9.84 Å². The van der Waals surface area contributed by atoms with Gasteiger partial charge >= 0.3 is 5.97 Å². The van der Waals surface area contributed by atoms with Crippen molar-refractivity contribution in [1.29, 1.82) is 0 Å². The summed E-state index contributed by atoms with van der Waals surface area (Å²) in [6.07, 6.45) is 5.88. The fourth-order valence-corrected chi connectivity index (χ4v) is 3.12. The predicted octanol–water partition coefficient (Wildman–Crippen LogP) is 2.46. The molecular formula is C16H19NO3. The van der Waals surface area contributed by atoms with E-state index in [9.17, 15) is 4.79 Å². The quantitative estimate of drug-likeness (QED) is 0.859. The van der Waals surface area contributed by atoms with E-state index in [1.165, 1.54) is 30.2 Å². The van der Waals surface area contributed by atoms with Gasteiger partial charge in [-0.15, -0.1) is 0 Å². The lowest BCUT2D eigenvalue weighted by molar-refractivity contribution is -0.131. The van der Waals surface area contributed by atoms with Gasteiger partial charge in [0.05, 0.1) is 12.2 Å². The number of nitrogens with zero attached hydrogens (tertiary/aromatic N) is 1. The third-order valence-corrected chi connectivity index (χ3v) is 4.02. The van der Waals surface area contributed by atoms with E-state index >= 15 is 0 Å². The van der Waals surface area contributed by atoms with Crippen molar-refractivity contribution in [2.75, 3.05) is 18.0 Å². The highest BCUT2D eigenvalue weighted by molar-refractivity contribution is 5.85. The molecule has 4 nitrogen and oxygen atoms in total. The molecular weight excluding hydrogens is 254 g/mol. The van der Waals surface area contributed by atoms with Crippen LogP contribution >= 0.6 is 0 Å². The zero-order valence-electron chi connectivity index (χ0n) is 11.6. The molecule has 2 saturated heterocycles. The number of benzene rings is 1. The molecule has 1 N–H and O–H groups in total. The SMILES string of the molecule is Cc1cc(C=CC(=O)O)ccc1N1CC2CCC(C1)O2. The van der Waals surface area contributed by atoms with Gasteiger partial charge in [0.1, 0.15) is 0 Å². The Kier molecular flexibility index (Phi) is 3.49. The molecule has 1 aromatic rings. The van der Waals surface area contributed by atoms with Gasteiger partial charge in [0.25, 0.3) is 0 Å². The minimum Gasteiger partial charge on any atom is -0.478 e. The van der Waals surface area contributed by atoms with Crippen LogP contribution in [-0.2, 0) is 9.53 Å². The Balaban J connectivity index is 1.79. The molecule has 2 atom stereocenters. The molecule has 20 heavy (non-hydrogen) atoms. The molecule has 0 radical (unpaired) electrons. The van der Waals surface area contributed by atoms with E-state index < -0.39 is 5.97 Å². The first-order chi connectivity index (χ1) is 9.61. The van der Waals surface area contributed by atoms with Crippen molar-refractivity contribution in [2.24, 2.45) is 0 Å². The van der Waals surface area contributed by atoms with Gasteiger partial charge in [0.2, 0.25) is 0 Å². The lowest BCUT2D eigenvalue weighted by Gasteiger charge is -2.34. The molecule has 2 bridgehead atoms. The van der Waals surface area contributed by atoms with Crippen LogP contribution in [0.15, 0.2) is 24.3 Å². The Labute approximate surface area is 118 Å². The number of hydrogen-bond donors (Lipinski definition) is 1. The van der Waals surface area contributed by atoms with E-state index in [1.54, 1.807) is 6.08 Å². The number of fused-ring (bicyclic) bond motifs is 2. The molecule has 0 saturated carbocycles. The van der Waals surface area contributed by atoms with Crippen LogP contribution in [-0.4, -0.2) is 36.4 Å². The Morgan fingerprint density at radius 2 is 2.05 bits per heavy atom. The highest BCUT2D eigenvalue weighted by Gasteiger charge is 2.34. The monoisotopic (exact) mass is 273 g/mol. The highest BCUT2D eigenvalue weighted by atomic mass is 16.5. The second kappa shape index (κ2) is 5.29. The maximum atomic E-state index is 10.5. The number of carbonyl (C=O) groups is 1. The smallest absolute Gasteiger partial charge is 0.328 e. The van der Waals surface area contributed by atoms with Gasteiger partial charge in [-0.2, -0.15) is 0 Å². The molecule has 0 aromatic heterocycles. The Hall–Kier alpha value is -1.81. The van der Waals surface area contributed by atoms with Gasteiger partial charge in [0, 0.05) is 24.9 Å². The van der Waals surface area contributed by atoms with Crippen molar-refractivity contribution in [3.8, 4) is 0 Å². The van der Waals surface area contributed by atoms with Crippen molar-refractivity contribution in [3.63, 3.8) is 0 Å². The van der Waals surface area contributed by atoms with Gasteiger partial charge in [0.15, 0.2) is 0 Å². The van der Waals surface area contributed by atoms with Gasteiger partial charge in [-0.25, -0.2) is 4.79 Å². The lowest BCUT2D eigenvalue weighted by atomic mass is 10.1. The molecule has 0 spiro atoms. The summed E-state index contributed by atoms with van der Waals surface area (Å²) in [5, 5.41) is 8.66. The Morgan fingerprint density at radius 1 is 1.35 bits per heavy atom. The van der Waals surface area contributed by atoms with Crippen molar-refractivity contribution in [2.45, 2.75) is 32.0 Å². The van der Waals surface area contributed by atoms with Crippen LogP contribution in [0, 0.1) is 6.92 Å². The molecule has 4 heteroatoms. The number of anilines is 1. The number of aryl methyl sites for hydroxylation is 1. The van der Waals surface area contributed by atoms with E-state index in [2.05, 4.69) is 17.9 Å². The third-order valence-electron chi connectivity index (χ3n) is 4.02. The lowest BCUT2D eigenvalue weighted by Crippen LogP contribution is -2.42. The van der Waals surface area contributed by atoms with Crippen LogP contribution in [0.5, 0.6) is 0 Å². The molecule has 1 aromatic carbocycles. The van der Waals surface area contributed by atoms with E-state index in [1.807, 2.05) is 12.1 Å². The Morgan fingerprint density at radius 3 is 2.65 bits per heavy atom. The van der Waals surface area contributed by atoms with Crippen LogP contribution in [0.3, 0.4) is 0 Å². The van der Waals surface area contributed by atoms with Crippen molar-refractivity contribution in [3.05, 3.63) is 35.4 Å². The molecule has 106 valence electrons. The summed E-state index contributed by atoms with van der Waals surface area (Å²) in [6, 6.07) is 6.09. The number of carboxylic acids is 1. The summed E-state index contributed by atoms with van der Waals surface area (Å²) in [7, 11) is 0.